The van der Waals surface area contributed by atoms with Crippen molar-refractivity contribution in [2.24, 2.45) is 0 Å². The lowest BCUT2D eigenvalue weighted by atomic mass is 10.3. The Morgan fingerprint density at radius 2 is 2.00 bits per heavy atom. The molecule has 0 saturated heterocycles. The number of nitrogens with one attached hydrogen (secondary N) is 1. The molecule has 0 fully saturated rings. The number of aromatic nitrogens is 3. The molecule has 118 valence electrons. The van der Waals surface area contributed by atoms with E-state index < -0.39 is 11.6 Å². The Morgan fingerprint density at radius 1 is 1.17 bits per heavy atom. The summed E-state index contributed by atoms with van der Waals surface area (Å²) in [6.07, 6.45) is 2.37. The fraction of sp³-hybridized carbons (Fsp3) is 0.188. The summed E-state index contributed by atoms with van der Waals surface area (Å²) >= 11 is 0. The second-order valence-electron chi connectivity index (χ2n) is 5.05. The van der Waals surface area contributed by atoms with Gasteiger partial charge < -0.3 is 5.32 Å². The topological polar surface area (TPSA) is 59.8 Å². The van der Waals surface area contributed by atoms with Gasteiger partial charge >= 0.3 is 0 Å². The molecule has 0 radical (unpaired) electrons. The Kier molecular flexibility index (Phi) is 4.01. The fourth-order valence-electron chi connectivity index (χ4n) is 2.27. The van der Waals surface area contributed by atoms with Gasteiger partial charge in [-0.25, -0.2) is 13.8 Å². The summed E-state index contributed by atoms with van der Waals surface area (Å²) in [5.41, 5.74) is 0.680. The molecule has 0 bridgehead atoms. The van der Waals surface area contributed by atoms with Gasteiger partial charge in [0.15, 0.2) is 11.6 Å². The highest BCUT2D eigenvalue weighted by atomic mass is 19.2. The van der Waals surface area contributed by atoms with Crippen LogP contribution in [0.2, 0.25) is 0 Å². The van der Waals surface area contributed by atoms with Crippen molar-refractivity contribution in [3.63, 3.8) is 0 Å². The maximum absolute atomic E-state index is 13.3. The third kappa shape index (κ3) is 3.03. The summed E-state index contributed by atoms with van der Waals surface area (Å²) in [5, 5.41) is 3.54. The Balaban J connectivity index is 2.03. The smallest absolute Gasteiger partial charge is 0.252 e. The minimum absolute atomic E-state index is 0.142. The van der Waals surface area contributed by atoms with Crippen LogP contribution in [-0.4, -0.2) is 14.5 Å². The molecule has 0 unspecified atom stereocenters. The number of fused-ring (bicyclic) bond motifs is 1. The van der Waals surface area contributed by atoms with E-state index in [4.69, 9.17) is 0 Å². The molecule has 0 amide bonds. The zero-order valence-corrected chi connectivity index (χ0v) is 12.4. The zero-order valence-electron chi connectivity index (χ0n) is 12.4. The van der Waals surface area contributed by atoms with Gasteiger partial charge in [-0.05, 0) is 24.6 Å². The van der Waals surface area contributed by atoms with Crippen molar-refractivity contribution in [1.29, 1.82) is 0 Å². The van der Waals surface area contributed by atoms with Gasteiger partial charge in [-0.15, -0.1) is 0 Å². The zero-order chi connectivity index (χ0) is 16.4. The quantitative estimate of drug-likeness (QED) is 0.803. The van der Waals surface area contributed by atoms with Crippen molar-refractivity contribution in [3.05, 3.63) is 58.5 Å². The van der Waals surface area contributed by atoms with Crippen molar-refractivity contribution in [1.82, 2.24) is 14.5 Å². The normalized spacial score (nSPS) is 10.9. The molecule has 2 aromatic heterocycles. The second-order valence-corrected chi connectivity index (χ2v) is 5.05. The molecule has 2 heterocycles. The predicted octanol–water partition coefficient (Wildman–Crippen LogP) is 3.22. The van der Waals surface area contributed by atoms with E-state index in [2.05, 4.69) is 15.3 Å². The van der Waals surface area contributed by atoms with Gasteiger partial charge in [0, 0.05) is 35.9 Å². The number of hydrogen-bond donors (Lipinski definition) is 1. The largest absolute Gasteiger partial charge is 0.324 e. The number of rotatable bonds is 4. The molecule has 3 rings (SSSR count). The summed E-state index contributed by atoms with van der Waals surface area (Å²) in [4.78, 5) is 20.4. The lowest BCUT2D eigenvalue weighted by Crippen LogP contribution is -2.20. The third-order valence-electron chi connectivity index (χ3n) is 3.35. The van der Waals surface area contributed by atoms with E-state index in [1.54, 1.807) is 16.8 Å². The Labute approximate surface area is 130 Å². The highest BCUT2D eigenvalue weighted by molar-refractivity contribution is 5.75. The van der Waals surface area contributed by atoms with E-state index in [0.717, 1.165) is 23.9 Å². The maximum atomic E-state index is 13.3. The molecule has 5 nitrogen and oxygen atoms in total. The Morgan fingerprint density at radius 3 is 2.74 bits per heavy atom. The number of nitrogens with zero attached hydrogens (tertiary/aromatic N) is 3. The van der Waals surface area contributed by atoms with E-state index in [1.807, 2.05) is 6.92 Å². The number of anilines is 2. The minimum atomic E-state index is -0.960. The number of pyridine rings is 1. The van der Waals surface area contributed by atoms with Gasteiger partial charge in [-0.3, -0.25) is 9.36 Å². The number of hydrogen-bond acceptors (Lipinski definition) is 4. The molecule has 0 aliphatic carbocycles. The first-order chi connectivity index (χ1) is 11.1. The maximum Gasteiger partial charge on any atom is 0.252 e. The van der Waals surface area contributed by atoms with E-state index >= 15 is 0 Å². The highest BCUT2D eigenvalue weighted by Gasteiger charge is 2.08. The molecule has 0 spiro atoms. The van der Waals surface area contributed by atoms with Gasteiger partial charge in [0.05, 0.1) is 0 Å². The van der Waals surface area contributed by atoms with E-state index in [1.165, 1.54) is 12.1 Å². The van der Waals surface area contributed by atoms with Gasteiger partial charge in [-0.2, -0.15) is 4.98 Å². The van der Waals surface area contributed by atoms with Crippen LogP contribution in [0.5, 0.6) is 0 Å². The van der Waals surface area contributed by atoms with E-state index in [0.29, 0.717) is 17.9 Å². The predicted molar refractivity (Wildman–Crippen MR) is 83.7 cm³/mol. The molecule has 7 heteroatoms. The van der Waals surface area contributed by atoms with Crippen LogP contribution in [0, 0.1) is 11.6 Å². The van der Waals surface area contributed by atoms with Crippen LogP contribution >= 0.6 is 0 Å². The van der Waals surface area contributed by atoms with Crippen LogP contribution < -0.4 is 10.9 Å². The average Bonchev–Trinajstić information content (AvgIpc) is 2.54. The molecule has 3 aromatic rings. The van der Waals surface area contributed by atoms with Gasteiger partial charge in [0.25, 0.3) is 5.56 Å². The number of halogens is 2. The van der Waals surface area contributed by atoms with Crippen LogP contribution in [0.1, 0.15) is 13.3 Å². The highest BCUT2D eigenvalue weighted by Crippen LogP contribution is 2.18. The molecule has 0 saturated carbocycles. The standard InChI is InChI=1S/C16H14F2N4O/c1-2-7-22-14(23)6-3-10-9-19-16(21-15(10)22)20-11-4-5-12(17)13(18)8-11/h3-6,8-9H,2,7H2,1H3,(H,19,20,21). The molecule has 0 atom stereocenters. The van der Waals surface area contributed by atoms with E-state index in [9.17, 15) is 13.6 Å². The van der Waals surface area contributed by atoms with Crippen LogP contribution in [0.4, 0.5) is 20.4 Å². The van der Waals surface area contributed by atoms with Crippen LogP contribution in [0.3, 0.4) is 0 Å². The van der Waals surface area contributed by atoms with Crippen LogP contribution in [0.25, 0.3) is 11.0 Å². The molecule has 0 aliphatic heterocycles. The lowest BCUT2D eigenvalue weighted by Gasteiger charge is -2.10. The summed E-state index contributed by atoms with van der Waals surface area (Å²) in [6.45, 7) is 2.50. The molecule has 1 N–H and O–H groups in total. The first-order valence-electron chi connectivity index (χ1n) is 7.17. The first kappa shape index (κ1) is 15.1. The SMILES string of the molecule is CCCn1c(=O)ccc2cnc(Nc3ccc(F)c(F)c3)nc21. The van der Waals surface area contributed by atoms with Crippen LogP contribution in [-0.2, 0) is 6.54 Å². The summed E-state index contributed by atoms with van der Waals surface area (Å²) in [6, 6.07) is 6.56. The van der Waals surface area contributed by atoms with Crippen molar-refractivity contribution < 1.29 is 8.78 Å². The van der Waals surface area contributed by atoms with Gasteiger partial charge in [0.2, 0.25) is 5.95 Å². The van der Waals surface area contributed by atoms with Crippen molar-refractivity contribution in [2.75, 3.05) is 5.32 Å². The molecular weight excluding hydrogens is 302 g/mol. The fourth-order valence-corrected chi connectivity index (χ4v) is 2.27. The molecule has 0 aliphatic rings. The second kappa shape index (κ2) is 6.12. The Hall–Kier alpha value is -2.83. The molecule has 23 heavy (non-hydrogen) atoms. The third-order valence-corrected chi connectivity index (χ3v) is 3.35. The van der Waals surface area contributed by atoms with Gasteiger partial charge in [0.1, 0.15) is 5.65 Å². The van der Waals surface area contributed by atoms with Crippen molar-refractivity contribution in [3.8, 4) is 0 Å². The summed E-state index contributed by atoms with van der Waals surface area (Å²) in [7, 11) is 0. The summed E-state index contributed by atoms with van der Waals surface area (Å²) < 4.78 is 27.8. The molecule has 1 aromatic carbocycles. The number of aryl methyl sites for hydroxylation is 1. The van der Waals surface area contributed by atoms with Crippen LogP contribution in [0.15, 0.2) is 41.3 Å². The molecular formula is C16H14F2N4O. The van der Waals surface area contributed by atoms with E-state index in [-0.39, 0.29) is 11.5 Å². The minimum Gasteiger partial charge on any atom is -0.324 e. The summed E-state index contributed by atoms with van der Waals surface area (Å²) in [5.74, 6) is -1.68. The van der Waals surface area contributed by atoms with Gasteiger partial charge in [-0.1, -0.05) is 6.92 Å². The average molecular weight is 316 g/mol. The monoisotopic (exact) mass is 316 g/mol. The number of benzene rings is 1. The lowest BCUT2D eigenvalue weighted by molar-refractivity contribution is 0.509. The first-order valence-corrected chi connectivity index (χ1v) is 7.17. The Bertz CT molecular complexity index is 924. The van der Waals surface area contributed by atoms with Crippen molar-refractivity contribution >= 4 is 22.7 Å². The van der Waals surface area contributed by atoms with Crippen molar-refractivity contribution in [2.45, 2.75) is 19.9 Å².